The number of ether oxygens (including phenoxy) is 1. The number of carbonyl (C=O) groups is 1. The van der Waals surface area contributed by atoms with E-state index in [0.29, 0.717) is 18.8 Å². The van der Waals surface area contributed by atoms with Crippen LogP contribution < -0.4 is 5.32 Å². The number of nitrogens with one attached hydrogen (secondary N) is 2. The summed E-state index contributed by atoms with van der Waals surface area (Å²) in [7, 11) is 0. The fraction of sp³-hybridized carbons (Fsp3) is 0.385. The molecule has 20 heavy (non-hydrogen) atoms. The number of anilines is 1. The summed E-state index contributed by atoms with van der Waals surface area (Å²) < 4.78 is 5.21. The zero-order valence-corrected chi connectivity index (χ0v) is 10.9. The molecule has 0 aliphatic carbocycles. The van der Waals surface area contributed by atoms with Crippen LogP contribution in [0.25, 0.3) is 10.9 Å². The Morgan fingerprint density at radius 1 is 1.55 bits per heavy atom. The van der Waals surface area contributed by atoms with Crippen LogP contribution in [-0.2, 0) is 4.74 Å². The van der Waals surface area contributed by atoms with Crippen LogP contribution in [0.1, 0.15) is 0 Å². The highest BCUT2D eigenvalue weighted by molar-refractivity contribution is 5.99. The van der Waals surface area contributed by atoms with E-state index in [0.717, 1.165) is 10.9 Å². The predicted molar refractivity (Wildman–Crippen MR) is 73.5 cm³/mol. The number of aliphatic hydroxyl groups excluding tert-OH is 1. The minimum absolute atomic E-state index is 0.253. The maximum absolute atomic E-state index is 12.2. The molecule has 0 spiro atoms. The van der Waals surface area contributed by atoms with Gasteiger partial charge in [0.25, 0.3) is 0 Å². The van der Waals surface area contributed by atoms with Gasteiger partial charge in [-0.15, -0.1) is 0 Å². The summed E-state index contributed by atoms with van der Waals surface area (Å²) >= 11 is 0. The number of aromatic nitrogens is 2. The van der Waals surface area contributed by atoms with Gasteiger partial charge in [0, 0.05) is 11.9 Å². The monoisotopic (exact) mass is 276 g/mol. The fourth-order valence-electron chi connectivity index (χ4n) is 2.24. The van der Waals surface area contributed by atoms with Crippen molar-refractivity contribution in [2.45, 2.75) is 6.10 Å². The van der Waals surface area contributed by atoms with Gasteiger partial charge in [-0.25, -0.2) is 4.79 Å². The number of fused-ring (bicyclic) bond motifs is 1. The smallest absolute Gasteiger partial charge is 0.322 e. The van der Waals surface area contributed by atoms with Crippen molar-refractivity contribution in [3.05, 3.63) is 24.4 Å². The lowest BCUT2D eigenvalue weighted by Crippen LogP contribution is -2.40. The van der Waals surface area contributed by atoms with Crippen molar-refractivity contribution >= 4 is 22.6 Å². The molecule has 0 saturated carbocycles. The van der Waals surface area contributed by atoms with Gasteiger partial charge in [-0.3, -0.25) is 5.10 Å². The zero-order valence-electron chi connectivity index (χ0n) is 10.9. The second-order valence-corrected chi connectivity index (χ2v) is 4.74. The Kier molecular flexibility index (Phi) is 3.53. The molecule has 7 heteroatoms. The first-order valence-corrected chi connectivity index (χ1v) is 6.48. The lowest BCUT2D eigenvalue weighted by molar-refractivity contribution is 0.0575. The van der Waals surface area contributed by atoms with Crippen molar-refractivity contribution in [1.29, 1.82) is 0 Å². The maximum Gasteiger partial charge on any atom is 0.322 e. The molecule has 2 aromatic rings. The Bertz CT molecular complexity index is 612. The number of carbonyl (C=O) groups excluding carboxylic acids is 1. The molecule has 1 aliphatic heterocycles. The molecule has 2 amide bonds. The van der Waals surface area contributed by atoms with E-state index in [2.05, 4.69) is 15.5 Å². The molecule has 1 aromatic carbocycles. The number of aromatic amines is 1. The summed E-state index contributed by atoms with van der Waals surface area (Å²) in [6.45, 7) is 1.42. The first-order valence-electron chi connectivity index (χ1n) is 6.48. The molecule has 0 bridgehead atoms. The predicted octanol–water partition coefficient (Wildman–Crippen LogP) is 0.788. The van der Waals surface area contributed by atoms with E-state index in [-0.39, 0.29) is 19.2 Å². The van der Waals surface area contributed by atoms with Crippen molar-refractivity contribution in [3.8, 4) is 0 Å². The Morgan fingerprint density at radius 2 is 2.45 bits per heavy atom. The topological polar surface area (TPSA) is 90.5 Å². The number of aliphatic hydroxyl groups is 1. The van der Waals surface area contributed by atoms with Gasteiger partial charge in [0.2, 0.25) is 0 Å². The average molecular weight is 276 g/mol. The summed E-state index contributed by atoms with van der Waals surface area (Å²) in [4.78, 5) is 13.8. The minimum atomic E-state index is -0.647. The van der Waals surface area contributed by atoms with Crippen molar-refractivity contribution in [2.75, 3.05) is 31.6 Å². The summed E-state index contributed by atoms with van der Waals surface area (Å²) in [6, 6.07) is 5.33. The molecule has 0 radical (unpaired) electrons. The molecule has 1 unspecified atom stereocenters. The number of hydrogen-bond acceptors (Lipinski definition) is 4. The molecule has 3 N–H and O–H groups in total. The first-order chi connectivity index (χ1) is 9.74. The summed E-state index contributed by atoms with van der Waals surface area (Å²) in [5.41, 5.74) is 1.46. The molecular weight excluding hydrogens is 260 g/mol. The standard InChI is InChI=1S/C13H16N4O3/c18-10-7-17(4-5-20-8-10)13(19)15-11-3-1-2-9-6-14-16-12(9)11/h1-3,6,10,18H,4-5,7-8H2,(H,14,16)(H,15,19). The van der Waals surface area contributed by atoms with E-state index >= 15 is 0 Å². The highest BCUT2D eigenvalue weighted by atomic mass is 16.5. The third kappa shape index (κ3) is 2.59. The SMILES string of the molecule is O=C(Nc1cccc2cn[nH]c12)N1CCOCC(O)C1. The number of H-pyrrole nitrogens is 1. The Labute approximate surface area is 115 Å². The van der Waals surface area contributed by atoms with Crippen LogP contribution in [0.3, 0.4) is 0 Å². The number of hydrogen-bond donors (Lipinski definition) is 3. The number of rotatable bonds is 1. The highest BCUT2D eigenvalue weighted by Gasteiger charge is 2.21. The van der Waals surface area contributed by atoms with Crippen molar-refractivity contribution < 1.29 is 14.6 Å². The van der Waals surface area contributed by atoms with E-state index < -0.39 is 6.10 Å². The average Bonchev–Trinajstić information content (AvgIpc) is 2.81. The van der Waals surface area contributed by atoms with Crippen molar-refractivity contribution in [1.82, 2.24) is 15.1 Å². The van der Waals surface area contributed by atoms with Crippen LogP contribution in [0.5, 0.6) is 0 Å². The number of amides is 2. The van der Waals surface area contributed by atoms with E-state index in [1.54, 1.807) is 11.1 Å². The first kappa shape index (κ1) is 12.9. The van der Waals surface area contributed by atoms with Crippen molar-refractivity contribution in [2.24, 2.45) is 0 Å². The second kappa shape index (κ2) is 5.48. The molecule has 1 fully saturated rings. The van der Waals surface area contributed by atoms with E-state index in [1.165, 1.54) is 0 Å². The number of nitrogens with zero attached hydrogens (tertiary/aromatic N) is 2. The van der Waals surface area contributed by atoms with Gasteiger partial charge in [-0.05, 0) is 6.07 Å². The number of benzene rings is 1. The lowest BCUT2D eigenvalue weighted by Gasteiger charge is -2.21. The van der Waals surface area contributed by atoms with Gasteiger partial charge in [0.15, 0.2) is 0 Å². The summed E-state index contributed by atoms with van der Waals surface area (Å²) in [6.07, 6.45) is 1.06. The summed E-state index contributed by atoms with van der Waals surface area (Å²) in [5, 5.41) is 20.2. The second-order valence-electron chi connectivity index (χ2n) is 4.74. The van der Waals surface area contributed by atoms with Crippen LogP contribution in [0.4, 0.5) is 10.5 Å². The van der Waals surface area contributed by atoms with Gasteiger partial charge < -0.3 is 20.1 Å². The van der Waals surface area contributed by atoms with Crippen LogP contribution in [-0.4, -0.2) is 58.6 Å². The van der Waals surface area contributed by atoms with Crippen LogP contribution in [0, 0.1) is 0 Å². The van der Waals surface area contributed by atoms with Crippen LogP contribution >= 0.6 is 0 Å². The minimum Gasteiger partial charge on any atom is -0.389 e. The molecule has 2 heterocycles. The molecule has 7 nitrogen and oxygen atoms in total. The number of para-hydroxylation sites is 1. The third-order valence-electron chi connectivity index (χ3n) is 3.25. The Balaban J connectivity index is 1.76. The normalized spacial score (nSPS) is 19.9. The quantitative estimate of drug-likeness (QED) is 0.718. The van der Waals surface area contributed by atoms with E-state index in [1.807, 2.05) is 18.2 Å². The fourth-order valence-corrected chi connectivity index (χ4v) is 2.24. The highest BCUT2D eigenvalue weighted by Crippen LogP contribution is 2.20. The van der Waals surface area contributed by atoms with Gasteiger partial charge in [0.1, 0.15) is 0 Å². The Hall–Kier alpha value is -2.12. The van der Waals surface area contributed by atoms with Gasteiger partial charge in [-0.1, -0.05) is 12.1 Å². The number of urea groups is 1. The lowest BCUT2D eigenvalue weighted by atomic mass is 10.2. The third-order valence-corrected chi connectivity index (χ3v) is 3.25. The van der Waals surface area contributed by atoms with Gasteiger partial charge in [0.05, 0.1) is 43.3 Å². The summed E-state index contributed by atoms with van der Waals surface area (Å²) in [5.74, 6) is 0. The van der Waals surface area contributed by atoms with E-state index in [4.69, 9.17) is 4.74 Å². The van der Waals surface area contributed by atoms with Gasteiger partial charge in [-0.2, -0.15) is 5.10 Å². The number of β-amino-alcohol motifs (C(OH)–C–C–N with tert-alkyl or cyclic N) is 1. The van der Waals surface area contributed by atoms with Gasteiger partial charge >= 0.3 is 6.03 Å². The molecule has 1 atom stereocenters. The van der Waals surface area contributed by atoms with Crippen LogP contribution in [0.2, 0.25) is 0 Å². The molecular formula is C13H16N4O3. The largest absolute Gasteiger partial charge is 0.389 e. The van der Waals surface area contributed by atoms with E-state index in [9.17, 15) is 9.90 Å². The maximum atomic E-state index is 12.2. The zero-order chi connectivity index (χ0) is 13.9. The molecule has 1 saturated heterocycles. The molecule has 1 aromatic heterocycles. The molecule has 3 rings (SSSR count). The molecule has 1 aliphatic rings. The Morgan fingerprint density at radius 3 is 3.35 bits per heavy atom. The van der Waals surface area contributed by atoms with Crippen molar-refractivity contribution in [3.63, 3.8) is 0 Å². The molecule has 106 valence electrons. The van der Waals surface area contributed by atoms with Crippen LogP contribution in [0.15, 0.2) is 24.4 Å².